The first-order chi connectivity index (χ1) is 4.22. The quantitative estimate of drug-likeness (QED) is 0.465. The third kappa shape index (κ3) is 0.937. The van der Waals surface area contributed by atoms with Gasteiger partial charge in [0.15, 0.2) is 0 Å². The number of hydrogen-bond donors (Lipinski definition) is 2. The number of nitrogens with two attached hydrogens (primary N) is 2. The molecule has 0 aliphatic rings. The van der Waals surface area contributed by atoms with Crippen molar-refractivity contribution in [2.75, 3.05) is 11.5 Å². The highest BCUT2D eigenvalue weighted by molar-refractivity contribution is 5.29. The molecule has 0 bridgehead atoms. The highest BCUT2D eigenvalue weighted by Crippen LogP contribution is 1.95. The molecule has 1 rings (SSSR count). The first-order valence-electron chi connectivity index (χ1n) is 2.72. The second-order valence-corrected chi connectivity index (χ2v) is 1.93. The number of rotatable bonds is 0. The normalized spacial score (nSPS) is 9.44. The molecule has 4 N–H and O–H groups in total. The van der Waals surface area contributed by atoms with Crippen molar-refractivity contribution in [3.05, 3.63) is 18.2 Å². The van der Waals surface area contributed by atoms with Crippen LogP contribution in [0.25, 0.3) is 0 Å². The maximum atomic E-state index is 5.50. The van der Waals surface area contributed by atoms with Crippen LogP contribution in [-0.2, 0) is 7.05 Å². The number of hydrogen-bond acceptors (Lipinski definition) is 2. The van der Waals surface area contributed by atoms with E-state index in [1.807, 2.05) is 13.1 Å². The van der Waals surface area contributed by atoms with Crippen LogP contribution in [0.4, 0.5) is 11.6 Å². The summed E-state index contributed by atoms with van der Waals surface area (Å²) < 4.78 is 1.72. The molecule has 0 saturated carbocycles. The Bertz CT molecular complexity index is 199. The first kappa shape index (κ1) is 5.88. The summed E-state index contributed by atoms with van der Waals surface area (Å²) in [6.45, 7) is 0. The SMILES string of the molecule is C[n+]1c(N)cccc1N. The molecule has 9 heavy (non-hydrogen) atoms. The molecule has 0 amide bonds. The first-order valence-corrected chi connectivity index (χ1v) is 2.72. The lowest BCUT2D eigenvalue weighted by atomic mass is 10.4. The third-order valence-corrected chi connectivity index (χ3v) is 1.31. The van der Waals surface area contributed by atoms with Crippen LogP contribution in [0, 0.1) is 0 Å². The molecular formula is C6H10N3+. The van der Waals surface area contributed by atoms with Crippen LogP contribution in [0.2, 0.25) is 0 Å². The topological polar surface area (TPSA) is 55.9 Å². The third-order valence-electron chi connectivity index (χ3n) is 1.31. The van der Waals surface area contributed by atoms with E-state index in [0.717, 1.165) is 0 Å². The van der Waals surface area contributed by atoms with Crippen LogP contribution < -0.4 is 16.0 Å². The molecule has 0 fully saturated rings. The molecular weight excluding hydrogens is 114 g/mol. The van der Waals surface area contributed by atoms with Gasteiger partial charge in [-0.2, -0.15) is 0 Å². The van der Waals surface area contributed by atoms with E-state index in [1.165, 1.54) is 0 Å². The maximum absolute atomic E-state index is 5.50. The lowest BCUT2D eigenvalue weighted by Crippen LogP contribution is -2.35. The second kappa shape index (κ2) is 1.93. The number of nitrogen functional groups attached to an aromatic ring is 2. The van der Waals surface area contributed by atoms with E-state index in [2.05, 4.69) is 0 Å². The highest BCUT2D eigenvalue weighted by Gasteiger charge is 1.97. The smallest absolute Gasteiger partial charge is 0.218 e. The molecule has 3 heteroatoms. The Morgan fingerprint density at radius 3 is 2.00 bits per heavy atom. The summed E-state index contributed by atoms with van der Waals surface area (Å²) in [4.78, 5) is 0. The van der Waals surface area contributed by atoms with Crippen LogP contribution in [0.3, 0.4) is 0 Å². The Balaban J connectivity index is 3.25. The molecule has 0 unspecified atom stereocenters. The van der Waals surface area contributed by atoms with Gasteiger partial charge in [0.2, 0.25) is 11.6 Å². The second-order valence-electron chi connectivity index (χ2n) is 1.93. The van der Waals surface area contributed by atoms with E-state index in [0.29, 0.717) is 11.6 Å². The van der Waals surface area contributed by atoms with Crippen molar-refractivity contribution in [2.24, 2.45) is 7.05 Å². The number of aromatic nitrogens is 1. The Labute approximate surface area is 53.9 Å². The molecule has 0 atom stereocenters. The fourth-order valence-electron chi connectivity index (χ4n) is 0.618. The number of anilines is 2. The summed E-state index contributed by atoms with van der Waals surface area (Å²) in [5.41, 5.74) is 11.0. The minimum atomic E-state index is 0.676. The summed E-state index contributed by atoms with van der Waals surface area (Å²) in [5.74, 6) is 1.35. The molecule has 1 aromatic rings. The van der Waals surface area contributed by atoms with Crippen LogP contribution in [0.5, 0.6) is 0 Å². The van der Waals surface area contributed by atoms with Gasteiger partial charge in [0.25, 0.3) is 0 Å². The van der Waals surface area contributed by atoms with E-state index < -0.39 is 0 Å². The monoisotopic (exact) mass is 124 g/mol. The van der Waals surface area contributed by atoms with Gasteiger partial charge in [0, 0.05) is 12.1 Å². The average Bonchev–Trinajstić information content (AvgIpc) is 1.83. The minimum Gasteiger partial charge on any atom is -0.319 e. The van der Waals surface area contributed by atoms with Crippen molar-refractivity contribution in [3.8, 4) is 0 Å². The van der Waals surface area contributed by atoms with Crippen LogP contribution >= 0.6 is 0 Å². The van der Waals surface area contributed by atoms with Crippen molar-refractivity contribution in [1.29, 1.82) is 0 Å². The van der Waals surface area contributed by atoms with Crippen molar-refractivity contribution in [2.45, 2.75) is 0 Å². The number of pyridine rings is 1. The van der Waals surface area contributed by atoms with Gasteiger partial charge in [-0.1, -0.05) is 0 Å². The highest BCUT2D eigenvalue weighted by atomic mass is 15.1. The molecule has 1 heterocycles. The predicted molar refractivity (Wildman–Crippen MR) is 36.4 cm³/mol. The van der Waals surface area contributed by atoms with Gasteiger partial charge < -0.3 is 11.5 Å². The standard InChI is InChI=1S/C6H9N3/c1-9-5(7)3-2-4-6(9)8/h2-4H,1H3,(H3,7,8)/p+1. The molecule has 0 radical (unpaired) electrons. The van der Waals surface area contributed by atoms with Gasteiger partial charge in [-0.3, -0.25) is 0 Å². The predicted octanol–water partition coefficient (Wildman–Crippen LogP) is -0.325. The van der Waals surface area contributed by atoms with Gasteiger partial charge >= 0.3 is 0 Å². The molecule has 3 nitrogen and oxygen atoms in total. The zero-order valence-electron chi connectivity index (χ0n) is 5.33. The average molecular weight is 124 g/mol. The Morgan fingerprint density at radius 2 is 1.67 bits per heavy atom. The molecule has 0 aromatic carbocycles. The van der Waals surface area contributed by atoms with E-state index in [-0.39, 0.29) is 0 Å². The lowest BCUT2D eigenvalue weighted by molar-refractivity contribution is -0.642. The van der Waals surface area contributed by atoms with E-state index in [9.17, 15) is 0 Å². The summed E-state index contributed by atoms with van der Waals surface area (Å²) in [7, 11) is 1.82. The van der Waals surface area contributed by atoms with Gasteiger partial charge in [0.05, 0.1) is 7.05 Å². The Hall–Kier alpha value is -1.25. The fourth-order valence-corrected chi connectivity index (χ4v) is 0.618. The zero-order valence-corrected chi connectivity index (χ0v) is 5.33. The largest absolute Gasteiger partial charge is 0.319 e. The summed E-state index contributed by atoms with van der Waals surface area (Å²) in [6.07, 6.45) is 0. The molecule has 0 saturated heterocycles. The minimum absolute atomic E-state index is 0.676. The van der Waals surface area contributed by atoms with Crippen molar-refractivity contribution < 1.29 is 4.57 Å². The van der Waals surface area contributed by atoms with Gasteiger partial charge in [0.1, 0.15) is 0 Å². The van der Waals surface area contributed by atoms with E-state index in [1.54, 1.807) is 16.7 Å². The fraction of sp³-hybridized carbons (Fsp3) is 0.167. The molecule has 48 valence electrons. The van der Waals surface area contributed by atoms with Gasteiger partial charge in [-0.15, -0.1) is 0 Å². The van der Waals surface area contributed by atoms with E-state index >= 15 is 0 Å². The summed E-state index contributed by atoms with van der Waals surface area (Å²) >= 11 is 0. The van der Waals surface area contributed by atoms with Crippen molar-refractivity contribution in [1.82, 2.24) is 0 Å². The van der Waals surface area contributed by atoms with Crippen LogP contribution in [-0.4, -0.2) is 0 Å². The van der Waals surface area contributed by atoms with Crippen molar-refractivity contribution in [3.63, 3.8) is 0 Å². The van der Waals surface area contributed by atoms with Crippen LogP contribution in [0.15, 0.2) is 18.2 Å². The number of nitrogens with zero attached hydrogens (tertiary/aromatic N) is 1. The molecule has 0 aliphatic heterocycles. The molecule has 0 aliphatic carbocycles. The Morgan fingerprint density at radius 1 is 1.22 bits per heavy atom. The Kier molecular flexibility index (Phi) is 1.26. The summed E-state index contributed by atoms with van der Waals surface area (Å²) in [6, 6.07) is 5.43. The van der Waals surface area contributed by atoms with Gasteiger partial charge in [-0.05, 0) is 6.07 Å². The molecule has 1 aromatic heterocycles. The summed E-state index contributed by atoms with van der Waals surface area (Å²) in [5, 5.41) is 0. The maximum Gasteiger partial charge on any atom is 0.218 e. The van der Waals surface area contributed by atoms with Crippen LogP contribution in [0.1, 0.15) is 0 Å². The lowest BCUT2D eigenvalue weighted by Gasteiger charge is -1.97. The molecule has 0 spiro atoms. The van der Waals surface area contributed by atoms with Crippen molar-refractivity contribution >= 4 is 11.6 Å². The zero-order chi connectivity index (χ0) is 6.85. The van der Waals surface area contributed by atoms with E-state index in [4.69, 9.17) is 11.5 Å². The van der Waals surface area contributed by atoms with Gasteiger partial charge in [-0.25, -0.2) is 4.57 Å².